The molecule has 12 aromatic rings. The first-order valence-electron chi connectivity index (χ1n) is 43.4. The number of nitrogens with zero attached hydrogens (tertiary/aromatic N) is 9. The number of benzene rings is 9. The van der Waals surface area contributed by atoms with Gasteiger partial charge in [0.15, 0.2) is 0 Å². The van der Waals surface area contributed by atoms with Crippen LogP contribution in [0.5, 0.6) is 23.0 Å². The van der Waals surface area contributed by atoms with Crippen LogP contribution in [0.2, 0.25) is 15.1 Å². The number of piperazine rings is 3. The maximum atomic E-state index is 12.9. The number of aromatic nitrogens is 3. The summed E-state index contributed by atoms with van der Waals surface area (Å²) >= 11 is 19.4. The smallest absolute Gasteiger partial charge is 0.497 e. The monoisotopic (exact) mass is 1810 g/mol. The number of hydrogen-bond donors (Lipinski definition) is 4. The SMILES string of the molecule is CCCCn1cc(-c2ccc(OC(F)(F)F)cc2CN)c2cc(CN3CCN(Cc4cc(OC)ccc4Cl)CC3)ccc21.CCCCn1cc(-c2ccc(OC(F)(F)F)cc2CN)c2cc(CN3CCN(Cc4ccc(C)cc4Cl)CC3)ccc21.Cc1cccc(CN2CCN(Cc3ccc4c(c3)c(-c3ccc(OC(F)(F)F)cc3CN)cn4CCCN)CC2)c1Cl. The molecule has 3 saturated heterocycles. The molecule has 3 aromatic heterocycles. The number of unbranched alkanes of at least 4 members (excludes halogenated alkanes) is 2. The first kappa shape index (κ1) is 95.2. The van der Waals surface area contributed by atoms with E-state index in [0.717, 1.165) is 279 Å². The van der Waals surface area contributed by atoms with Crippen molar-refractivity contribution in [3.05, 3.63) is 259 Å². The number of rotatable bonds is 31. The fourth-order valence-electron chi connectivity index (χ4n) is 17.3. The summed E-state index contributed by atoms with van der Waals surface area (Å²) < 4.78 is 140. The van der Waals surface area contributed by atoms with Gasteiger partial charge in [0, 0.05) is 240 Å². The third kappa shape index (κ3) is 25.4. The van der Waals surface area contributed by atoms with Gasteiger partial charge in [0.05, 0.1) is 7.11 Å². The molecule has 0 spiro atoms. The van der Waals surface area contributed by atoms with Crippen molar-refractivity contribution in [3.63, 3.8) is 0 Å². The molecule has 0 unspecified atom stereocenters. The first-order valence-corrected chi connectivity index (χ1v) is 44.6. The molecule has 15 rings (SSSR count). The van der Waals surface area contributed by atoms with Crippen LogP contribution in [0.4, 0.5) is 39.5 Å². The van der Waals surface area contributed by atoms with Gasteiger partial charge in [-0.3, -0.25) is 29.4 Å². The molecule has 0 aliphatic carbocycles. The van der Waals surface area contributed by atoms with Gasteiger partial charge in [0.1, 0.15) is 23.0 Å². The lowest BCUT2D eigenvalue weighted by atomic mass is 9.98. The molecule has 678 valence electrons. The molecule has 0 bridgehead atoms. The highest BCUT2D eigenvalue weighted by Gasteiger charge is 2.35. The molecule has 9 aromatic carbocycles. The third-order valence-electron chi connectivity index (χ3n) is 23.9. The lowest BCUT2D eigenvalue weighted by molar-refractivity contribution is -0.275. The number of alkyl halides is 9. The highest BCUT2D eigenvalue weighted by atomic mass is 35.5. The zero-order valence-corrected chi connectivity index (χ0v) is 74.8. The van der Waals surface area contributed by atoms with Crippen molar-refractivity contribution >= 4 is 67.5 Å². The van der Waals surface area contributed by atoms with Crippen LogP contribution in [0.15, 0.2) is 182 Å². The minimum atomic E-state index is -4.76. The molecule has 0 amide bonds. The normalized spacial score (nSPS) is 15.0. The Hall–Kier alpha value is -9.36. The van der Waals surface area contributed by atoms with Crippen LogP contribution in [0.1, 0.15) is 107 Å². The molecule has 0 saturated carbocycles. The summed E-state index contributed by atoms with van der Waals surface area (Å²) in [7, 11) is 1.66. The van der Waals surface area contributed by atoms with Gasteiger partial charge in [-0.25, -0.2) is 0 Å². The van der Waals surface area contributed by atoms with E-state index in [-0.39, 0.29) is 36.9 Å². The Bertz CT molecular complexity index is 5690. The molecule has 17 nitrogen and oxygen atoms in total. The van der Waals surface area contributed by atoms with Crippen molar-refractivity contribution in [2.24, 2.45) is 22.9 Å². The van der Waals surface area contributed by atoms with Crippen LogP contribution in [0.25, 0.3) is 66.1 Å². The average molecular weight is 1810 g/mol. The quantitative estimate of drug-likeness (QED) is 0.0302. The topological polar surface area (TPSA) is 175 Å². The molecule has 3 fully saturated rings. The van der Waals surface area contributed by atoms with Gasteiger partial charge in [-0.2, -0.15) is 0 Å². The van der Waals surface area contributed by atoms with Crippen LogP contribution in [0, 0.1) is 13.8 Å². The van der Waals surface area contributed by atoms with E-state index in [1.807, 2.05) is 37.3 Å². The molecule has 3 aliphatic heterocycles. The Labute approximate surface area is 752 Å². The maximum absolute atomic E-state index is 12.9. The van der Waals surface area contributed by atoms with Crippen molar-refractivity contribution in [1.29, 1.82) is 0 Å². The van der Waals surface area contributed by atoms with E-state index in [0.29, 0.717) is 23.2 Å². The van der Waals surface area contributed by atoms with Gasteiger partial charge in [-0.05, 0) is 215 Å². The fourth-order valence-corrected chi connectivity index (χ4v) is 17.9. The summed E-state index contributed by atoms with van der Waals surface area (Å²) in [6, 6.07) is 51.1. The predicted molar refractivity (Wildman–Crippen MR) is 491 cm³/mol. The number of ether oxygens (including phenoxy) is 4. The molecule has 0 atom stereocenters. The van der Waals surface area contributed by atoms with E-state index in [1.165, 1.54) is 58.7 Å². The highest BCUT2D eigenvalue weighted by molar-refractivity contribution is 6.32. The summed E-state index contributed by atoms with van der Waals surface area (Å²) in [4.78, 5) is 14.7. The van der Waals surface area contributed by atoms with Gasteiger partial charge in [0.25, 0.3) is 0 Å². The molecule has 0 radical (unpaired) electrons. The van der Waals surface area contributed by atoms with Gasteiger partial charge >= 0.3 is 19.1 Å². The Kier molecular flexibility index (Phi) is 32.5. The number of fused-ring (bicyclic) bond motifs is 3. The molecule has 127 heavy (non-hydrogen) atoms. The average Bonchev–Trinajstić information content (AvgIpc) is 1.63. The van der Waals surface area contributed by atoms with Crippen LogP contribution in [-0.2, 0) is 78.5 Å². The van der Waals surface area contributed by atoms with Crippen molar-refractivity contribution in [1.82, 2.24) is 43.1 Å². The maximum Gasteiger partial charge on any atom is 0.573 e. The zero-order chi connectivity index (χ0) is 90.3. The minimum Gasteiger partial charge on any atom is -0.497 e. The van der Waals surface area contributed by atoms with E-state index in [9.17, 15) is 39.5 Å². The van der Waals surface area contributed by atoms with Gasteiger partial charge in [-0.15, -0.1) is 39.5 Å². The van der Waals surface area contributed by atoms with Gasteiger partial charge in [0.2, 0.25) is 0 Å². The second-order valence-corrected chi connectivity index (χ2v) is 34.3. The van der Waals surface area contributed by atoms with E-state index in [4.69, 9.17) is 62.5 Å². The number of nitrogens with two attached hydrogens (primary N) is 4. The minimum absolute atomic E-state index is 0.0809. The molecule has 29 heteroatoms. The predicted octanol–water partition coefficient (Wildman–Crippen LogP) is 21.5. The van der Waals surface area contributed by atoms with E-state index < -0.39 is 19.1 Å². The number of hydrogen-bond acceptors (Lipinski definition) is 14. The van der Waals surface area contributed by atoms with Crippen molar-refractivity contribution in [3.8, 4) is 56.4 Å². The number of methoxy groups -OCH3 is 1. The zero-order valence-electron chi connectivity index (χ0n) is 72.5. The largest absolute Gasteiger partial charge is 0.573 e. The Morgan fingerprint density at radius 2 is 0.685 bits per heavy atom. The molecule has 3 aliphatic rings. The lowest BCUT2D eigenvalue weighted by Crippen LogP contribution is -2.45. The molecule has 6 heterocycles. The third-order valence-corrected chi connectivity index (χ3v) is 25.2. The van der Waals surface area contributed by atoms with Crippen molar-refractivity contribution in [2.75, 3.05) is 92.2 Å². The first-order chi connectivity index (χ1) is 60.9. The number of aryl methyl sites for hydroxylation is 5. The Morgan fingerprint density at radius 1 is 0.339 bits per heavy atom. The summed E-state index contributed by atoms with van der Waals surface area (Å²) in [5.74, 6) is 0.00869. The number of halogens is 12. The van der Waals surface area contributed by atoms with E-state index in [1.54, 1.807) is 25.3 Å². The summed E-state index contributed by atoms with van der Waals surface area (Å²) in [6.07, 6.45) is -3.02. The molecular formula is C98H113Cl3F9N13O4. The van der Waals surface area contributed by atoms with Crippen LogP contribution < -0.4 is 41.9 Å². The Balaban J connectivity index is 0.000000163. The summed E-state index contributed by atoms with van der Waals surface area (Å²) in [6.45, 7) is 28.0. The molecule has 8 N–H and O–H groups in total. The van der Waals surface area contributed by atoms with Crippen molar-refractivity contribution < 1.29 is 58.5 Å². The van der Waals surface area contributed by atoms with Crippen LogP contribution in [0.3, 0.4) is 0 Å². The van der Waals surface area contributed by atoms with Gasteiger partial charge < -0.3 is 55.6 Å². The molecular weight excluding hydrogens is 1700 g/mol. The summed E-state index contributed by atoms with van der Waals surface area (Å²) in [5, 5.41) is 5.61. The van der Waals surface area contributed by atoms with Crippen LogP contribution >= 0.6 is 34.8 Å². The standard InChI is InChI=1S/C33H38ClF3N4O2.C33H38ClF3N4O.C32H37ClF3N5O/c1-3-4-11-41-22-30(28-8-6-27(17-24(28)19-38)43-33(35,36)37)29-16-23(5-10-32(29)41)20-39-12-14-40(15-13-39)21-25-18-26(42-2)7-9-31(25)34;1-3-4-11-41-22-30(28-9-8-27(18-26(28)19-38)42-33(35,36)37)29-17-24(6-10-32(29)41)20-39-12-14-40(15-13-39)21-25-7-5-23(2)16-31(25)34;1-22-4-2-5-24(31(22)33)20-40-14-12-39(13-15-40)19-23-6-9-30-28(16-23)29(21-41(30)11-3-10-37)27-8-7-26(17-25(27)18-38)42-32(34,35)36/h5-10,16-18,22H,3-4,11-15,19-21,38H2,1-2H3;5-10,16-18,22H,3-4,11-15,19-21,38H2,1-2H3;2,4-9,16-17,21H,3,10-15,18-20,37-38H2,1H3. The fraction of sp³-hybridized carbons (Fsp3) is 0.388. The van der Waals surface area contributed by atoms with Crippen LogP contribution in [-0.4, -0.2) is 154 Å². The van der Waals surface area contributed by atoms with Gasteiger partial charge in [-0.1, -0.05) is 128 Å². The second-order valence-electron chi connectivity index (χ2n) is 33.1. The summed E-state index contributed by atoms with van der Waals surface area (Å²) in [5.41, 5.74) is 43.5. The van der Waals surface area contributed by atoms with E-state index >= 15 is 0 Å². The second kappa shape index (κ2) is 43.4. The lowest BCUT2D eigenvalue weighted by Gasteiger charge is -2.35. The highest BCUT2D eigenvalue weighted by Crippen LogP contribution is 2.42. The van der Waals surface area contributed by atoms with E-state index in [2.05, 4.69) is 176 Å². The Morgan fingerprint density at radius 3 is 1.03 bits per heavy atom. The van der Waals surface area contributed by atoms with Crippen molar-refractivity contribution in [2.45, 2.75) is 157 Å².